The van der Waals surface area contributed by atoms with Crippen molar-refractivity contribution in [2.45, 2.75) is 51.0 Å². The molecule has 4 saturated carbocycles. The summed E-state index contributed by atoms with van der Waals surface area (Å²) in [6.45, 7) is 1.53. The molecule has 1 aromatic carbocycles. The molecule has 0 saturated heterocycles. The Morgan fingerprint density at radius 1 is 0.903 bits per heavy atom. The van der Waals surface area contributed by atoms with Crippen LogP contribution in [0.25, 0.3) is 0 Å². The Balaban J connectivity index is 1.63. The number of nitrogens with one attached hydrogen (secondary N) is 2. The molecule has 5 rings (SSSR count). The fraction of sp³-hybridized carbons (Fsp3) is 0.565. The second-order valence-electron chi connectivity index (χ2n) is 9.44. The quantitative estimate of drug-likeness (QED) is 0.698. The van der Waals surface area contributed by atoms with Crippen molar-refractivity contribution in [1.29, 1.82) is 0 Å². The zero-order valence-electron chi connectivity index (χ0n) is 18.1. The van der Waals surface area contributed by atoms with Crippen molar-refractivity contribution in [2.24, 2.45) is 17.3 Å². The number of rotatable bonds is 5. The molecule has 31 heavy (non-hydrogen) atoms. The van der Waals surface area contributed by atoms with Gasteiger partial charge in [0.1, 0.15) is 0 Å². The van der Waals surface area contributed by atoms with E-state index in [9.17, 15) is 19.2 Å². The first-order valence-electron chi connectivity index (χ1n) is 10.6. The van der Waals surface area contributed by atoms with Crippen LogP contribution in [0.15, 0.2) is 18.2 Å². The highest BCUT2D eigenvalue weighted by Gasteiger charge is 2.60. The average molecular weight is 428 g/mol. The number of esters is 2. The van der Waals surface area contributed by atoms with Crippen molar-refractivity contribution < 1.29 is 28.7 Å². The first-order valence-corrected chi connectivity index (χ1v) is 10.6. The number of carbonyl (C=O) groups is 4. The number of hydrogen-bond donors (Lipinski definition) is 2. The minimum atomic E-state index is -0.610. The number of amides is 2. The lowest BCUT2D eigenvalue weighted by molar-refractivity contribution is -0.148. The summed E-state index contributed by atoms with van der Waals surface area (Å²) in [5.41, 5.74) is -0.239. The van der Waals surface area contributed by atoms with Gasteiger partial charge in [0.2, 0.25) is 11.8 Å². The van der Waals surface area contributed by atoms with Crippen molar-refractivity contribution in [3.63, 3.8) is 0 Å². The van der Waals surface area contributed by atoms with E-state index in [0.717, 1.165) is 32.1 Å². The van der Waals surface area contributed by atoms with E-state index < -0.39 is 17.4 Å². The lowest BCUT2D eigenvalue weighted by Gasteiger charge is -2.61. The van der Waals surface area contributed by atoms with E-state index in [4.69, 9.17) is 9.47 Å². The summed E-state index contributed by atoms with van der Waals surface area (Å²) < 4.78 is 9.54. The largest absolute Gasteiger partial charge is 0.465 e. The molecule has 0 radical (unpaired) electrons. The maximum atomic E-state index is 13.5. The van der Waals surface area contributed by atoms with Crippen molar-refractivity contribution in [3.8, 4) is 0 Å². The molecule has 2 atom stereocenters. The number of ether oxygens (including phenoxy) is 2. The molecule has 4 aliphatic carbocycles. The molecular weight excluding hydrogens is 400 g/mol. The predicted molar refractivity (Wildman–Crippen MR) is 111 cm³/mol. The van der Waals surface area contributed by atoms with Gasteiger partial charge in [0.15, 0.2) is 0 Å². The van der Waals surface area contributed by atoms with Crippen LogP contribution in [-0.2, 0) is 19.1 Å². The number of carbonyl (C=O) groups excluding carboxylic acids is 4. The molecule has 0 aliphatic heterocycles. The van der Waals surface area contributed by atoms with E-state index in [-0.39, 0.29) is 28.5 Å². The number of benzene rings is 1. The summed E-state index contributed by atoms with van der Waals surface area (Å²) in [4.78, 5) is 49.5. The molecule has 1 aromatic rings. The van der Waals surface area contributed by atoms with Gasteiger partial charge in [0.25, 0.3) is 0 Å². The second-order valence-corrected chi connectivity index (χ2v) is 9.44. The first kappa shape index (κ1) is 21.3. The zero-order valence-corrected chi connectivity index (χ0v) is 18.1. The van der Waals surface area contributed by atoms with Crippen LogP contribution in [-0.4, -0.2) is 43.5 Å². The van der Waals surface area contributed by atoms with Crippen molar-refractivity contribution in [3.05, 3.63) is 29.3 Å². The minimum absolute atomic E-state index is 0.0639. The molecule has 4 bridgehead atoms. The maximum absolute atomic E-state index is 13.5. The number of methoxy groups -OCH3 is 2. The standard InChI is InChI=1S/C23H28N2O6/c1-13(26)25-23-10-14-4-15(11-23)9-22(8-14,12-23)21(29)24-18-6-16(19(27)30-2)5-17(7-18)20(28)31-3/h5-7,14-15H,4,8-12H2,1-3H3,(H,24,29)(H,25,26)/t14-,15-,22?,23?/m1/s1. The maximum Gasteiger partial charge on any atom is 0.337 e. The highest BCUT2D eigenvalue weighted by molar-refractivity contribution is 6.01. The van der Waals surface area contributed by atoms with Crippen LogP contribution in [0.1, 0.15) is 66.2 Å². The van der Waals surface area contributed by atoms with E-state index >= 15 is 0 Å². The van der Waals surface area contributed by atoms with Crippen LogP contribution < -0.4 is 10.6 Å². The first-order chi connectivity index (χ1) is 14.7. The molecule has 166 valence electrons. The molecule has 2 N–H and O–H groups in total. The molecule has 4 fully saturated rings. The molecule has 0 spiro atoms. The van der Waals surface area contributed by atoms with Gasteiger partial charge in [-0.25, -0.2) is 9.59 Å². The highest BCUT2D eigenvalue weighted by Crippen LogP contribution is 2.61. The Morgan fingerprint density at radius 3 is 1.94 bits per heavy atom. The van der Waals surface area contributed by atoms with E-state index in [1.165, 1.54) is 39.3 Å². The van der Waals surface area contributed by atoms with Crippen molar-refractivity contribution >= 4 is 29.4 Å². The highest BCUT2D eigenvalue weighted by atomic mass is 16.5. The van der Waals surface area contributed by atoms with Crippen LogP contribution in [0.4, 0.5) is 5.69 Å². The lowest BCUT2D eigenvalue weighted by atomic mass is 9.46. The monoisotopic (exact) mass is 428 g/mol. The van der Waals surface area contributed by atoms with Gasteiger partial charge in [-0.05, 0) is 68.6 Å². The predicted octanol–water partition coefficient (Wildman–Crippen LogP) is 2.67. The number of hydrogen-bond acceptors (Lipinski definition) is 6. The molecule has 8 nitrogen and oxygen atoms in total. The topological polar surface area (TPSA) is 111 Å². The Labute approximate surface area is 181 Å². The minimum Gasteiger partial charge on any atom is -0.465 e. The van der Waals surface area contributed by atoms with Gasteiger partial charge in [-0.2, -0.15) is 0 Å². The molecule has 0 unspecified atom stereocenters. The fourth-order valence-electron chi connectivity index (χ4n) is 6.48. The Bertz CT molecular complexity index is 907. The Morgan fingerprint density at radius 2 is 1.45 bits per heavy atom. The summed E-state index contributed by atoms with van der Waals surface area (Å²) in [5, 5.41) is 6.09. The molecule has 4 aliphatic rings. The second kappa shape index (κ2) is 7.66. The van der Waals surface area contributed by atoms with E-state index in [0.29, 0.717) is 23.9 Å². The van der Waals surface area contributed by atoms with Crippen molar-refractivity contribution in [1.82, 2.24) is 5.32 Å². The normalized spacial score (nSPS) is 30.4. The van der Waals surface area contributed by atoms with Gasteiger partial charge in [-0.1, -0.05) is 0 Å². The Hall–Kier alpha value is -2.90. The third-order valence-corrected chi connectivity index (χ3v) is 7.02. The van der Waals surface area contributed by atoms with Gasteiger partial charge in [0.05, 0.1) is 30.8 Å². The molecule has 8 heteroatoms. The van der Waals surface area contributed by atoms with Crippen LogP contribution in [0.3, 0.4) is 0 Å². The third-order valence-electron chi connectivity index (χ3n) is 7.02. The van der Waals surface area contributed by atoms with E-state index in [1.54, 1.807) is 0 Å². The van der Waals surface area contributed by atoms with Crippen LogP contribution >= 0.6 is 0 Å². The molecule has 0 aromatic heterocycles. The van der Waals surface area contributed by atoms with Crippen molar-refractivity contribution in [2.75, 3.05) is 19.5 Å². The van der Waals surface area contributed by atoms with Gasteiger partial charge in [-0.15, -0.1) is 0 Å². The third kappa shape index (κ3) is 3.91. The SMILES string of the molecule is COC(=O)c1cc(NC(=O)C23C[C@H]4C[C@@H](CC(NC(C)=O)(C4)C2)C3)cc(C(=O)OC)c1. The Kier molecular flexibility index (Phi) is 5.27. The van der Waals surface area contributed by atoms with Gasteiger partial charge in [-0.3, -0.25) is 9.59 Å². The van der Waals surface area contributed by atoms with E-state index in [2.05, 4.69) is 10.6 Å². The summed E-state index contributed by atoms with van der Waals surface area (Å²) in [5.74, 6) is -0.599. The van der Waals surface area contributed by atoms with Crippen LogP contribution in [0.2, 0.25) is 0 Å². The van der Waals surface area contributed by atoms with E-state index in [1.807, 2.05) is 0 Å². The fourth-order valence-corrected chi connectivity index (χ4v) is 6.48. The van der Waals surface area contributed by atoms with Gasteiger partial charge >= 0.3 is 11.9 Å². The zero-order chi connectivity index (χ0) is 22.4. The summed E-state index contributed by atoms with van der Waals surface area (Å²) >= 11 is 0. The van der Waals surface area contributed by atoms with Crippen LogP contribution in [0.5, 0.6) is 0 Å². The molecular formula is C23H28N2O6. The average Bonchev–Trinajstić information content (AvgIpc) is 2.70. The molecule has 0 heterocycles. The number of anilines is 1. The summed E-state index contributed by atoms with van der Waals surface area (Å²) in [6, 6.07) is 4.38. The lowest BCUT2D eigenvalue weighted by Crippen LogP contribution is -2.65. The smallest absolute Gasteiger partial charge is 0.337 e. The molecule has 2 amide bonds. The summed E-state index contributed by atoms with van der Waals surface area (Å²) in [7, 11) is 2.50. The summed E-state index contributed by atoms with van der Waals surface area (Å²) in [6.07, 6.45) is 5.12. The van der Waals surface area contributed by atoms with Crippen LogP contribution in [0, 0.1) is 17.3 Å². The van der Waals surface area contributed by atoms with Gasteiger partial charge in [0, 0.05) is 18.2 Å². The van der Waals surface area contributed by atoms with Gasteiger partial charge < -0.3 is 20.1 Å².